The predicted octanol–water partition coefficient (Wildman–Crippen LogP) is 1.98. The van der Waals surface area contributed by atoms with E-state index in [0.717, 1.165) is 0 Å². The van der Waals surface area contributed by atoms with Gasteiger partial charge in [0.25, 0.3) is 0 Å². The molecule has 0 radical (unpaired) electrons. The maximum absolute atomic E-state index is 11.8. The Labute approximate surface area is 97.3 Å². The van der Waals surface area contributed by atoms with E-state index in [0.29, 0.717) is 6.54 Å². The summed E-state index contributed by atoms with van der Waals surface area (Å²) >= 11 is -0.0547. The molecule has 0 N–H and O–H groups in total. The number of carbonyl (C=O) groups excluding carboxylic acids is 1. The minimum atomic E-state index is -4.19. The van der Waals surface area contributed by atoms with Crippen LogP contribution in [0, 0.1) is 5.92 Å². The Balaban J connectivity index is 3.74. The summed E-state index contributed by atoms with van der Waals surface area (Å²) in [6.07, 6.45) is 0. The number of hydrogen-bond acceptors (Lipinski definition) is 4. The van der Waals surface area contributed by atoms with Crippen LogP contribution in [0.1, 0.15) is 6.92 Å². The van der Waals surface area contributed by atoms with Crippen LogP contribution in [0.2, 0.25) is 0 Å². The zero-order valence-electron chi connectivity index (χ0n) is 9.50. The van der Waals surface area contributed by atoms with Gasteiger partial charge in [0.2, 0.25) is 0 Å². The molecule has 0 aromatic heterocycles. The molecule has 0 spiro atoms. The van der Waals surface area contributed by atoms with Gasteiger partial charge in [0.05, 0.1) is 13.0 Å². The third-order valence-corrected chi connectivity index (χ3v) is 2.64. The van der Waals surface area contributed by atoms with Crippen LogP contribution >= 0.6 is 11.8 Å². The number of esters is 1. The second-order valence-corrected chi connectivity index (χ2v) is 4.64. The Morgan fingerprint density at radius 3 is 2.50 bits per heavy atom. The quantitative estimate of drug-likeness (QED) is 0.682. The van der Waals surface area contributed by atoms with E-state index in [1.54, 1.807) is 18.9 Å². The zero-order valence-corrected chi connectivity index (χ0v) is 10.3. The lowest BCUT2D eigenvalue weighted by molar-refractivity contribution is -0.145. The van der Waals surface area contributed by atoms with Gasteiger partial charge in [-0.05, 0) is 18.8 Å². The molecule has 7 heteroatoms. The van der Waals surface area contributed by atoms with Crippen molar-refractivity contribution in [2.24, 2.45) is 5.92 Å². The molecule has 0 fully saturated rings. The van der Waals surface area contributed by atoms with Crippen LogP contribution in [0.5, 0.6) is 0 Å². The Hall–Kier alpha value is -0.430. The summed E-state index contributed by atoms with van der Waals surface area (Å²) in [5.74, 6) is -0.713. The van der Waals surface area contributed by atoms with Crippen LogP contribution in [0.3, 0.4) is 0 Å². The van der Waals surface area contributed by atoms with Crippen molar-refractivity contribution < 1.29 is 22.7 Å². The maximum atomic E-state index is 11.8. The molecule has 0 bridgehead atoms. The number of thioether (sulfide) groups is 1. The molecule has 0 heterocycles. The second-order valence-electron chi connectivity index (χ2n) is 3.48. The second kappa shape index (κ2) is 7.01. The molecule has 1 atom stereocenters. The van der Waals surface area contributed by atoms with Gasteiger partial charge in [-0.1, -0.05) is 6.92 Å². The van der Waals surface area contributed by atoms with Gasteiger partial charge in [-0.2, -0.15) is 13.2 Å². The van der Waals surface area contributed by atoms with Gasteiger partial charge >= 0.3 is 11.5 Å². The van der Waals surface area contributed by atoms with Crippen LogP contribution in [-0.4, -0.2) is 49.4 Å². The standard InChI is InChI=1S/C9H16F3NO2S/c1-7(8(14)15-3)6-13(2)4-5-16-9(10,11)12/h7H,4-6H2,1-3H3. The van der Waals surface area contributed by atoms with E-state index in [-0.39, 0.29) is 35.9 Å². The SMILES string of the molecule is COC(=O)C(C)CN(C)CCSC(F)(F)F. The number of methoxy groups -OCH3 is 1. The molecular weight excluding hydrogens is 243 g/mol. The fraction of sp³-hybridized carbons (Fsp3) is 0.889. The highest BCUT2D eigenvalue weighted by molar-refractivity contribution is 8.00. The van der Waals surface area contributed by atoms with E-state index in [9.17, 15) is 18.0 Å². The highest BCUT2D eigenvalue weighted by Crippen LogP contribution is 2.29. The monoisotopic (exact) mass is 259 g/mol. The third kappa shape index (κ3) is 7.81. The van der Waals surface area contributed by atoms with Crippen molar-refractivity contribution in [2.45, 2.75) is 12.4 Å². The molecule has 96 valence electrons. The third-order valence-electron chi connectivity index (χ3n) is 1.93. The molecule has 0 aliphatic rings. The highest BCUT2D eigenvalue weighted by Gasteiger charge is 2.27. The number of ether oxygens (including phenoxy) is 1. The molecule has 0 aromatic rings. The van der Waals surface area contributed by atoms with Crippen molar-refractivity contribution in [1.82, 2.24) is 4.90 Å². The van der Waals surface area contributed by atoms with E-state index in [1.807, 2.05) is 0 Å². The fourth-order valence-corrected chi connectivity index (χ4v) is 1.79. The maximum Gasteiger partial charge on any atom is 0.441 e. The van der Waals surface area contributed by atoms with Gasteiger partial charge in [-0.25, -0.2) is 0 Å². The average molecular weight is 259 g/mol. The number of nitrogens with zero attached hydrogens (tertiary/aromatic N) is 1. The molecule has 16 heavy (non-hydrogen) atoms. The van der Waals surface area contributed by atoms with Crippen molar-refractivity contribution in [3.8, 4) is 0 Å². The molecule has 0 aliphatic carbocycles. The number of alkyl halides is 3. The number of halogens is 3. The summed E-state index contributed by atoms with van der Waals surface area (Å²) < 4.78 is 40.0. The Morgan fingerprint density at radius 1 is 1.50 bits per heavy atom. The van der Waals surface area contributed by atoms with Crippen LogP contribution in [0.4, 0.5) is 13.2 Å². The van der Waals surface area contributed by atoms with Gasteiger partial charge in [0.1, 0.15) is 0 Å². The molecular formula is C9H16F3NO2S. The minimum Gasteiger partial charge on any atom is -0.469 e. The van der Waals surface area contributed by atoms with Crippen molar-refractivity contribution in [2.75, 3.05) is 33.0 Å². The summed E-state index contributed by atoms with van der Waals surface area (Å²) in [6.45, 7) is 2.36. The Bertz CT molecular complexity index is 223. The molecule has 1 unspecified atom stereocenters. The lowest BCUT2D eigenvalue weighted by atomic mass is 10.2. The van der Waals surface area contributed by atoms with Crippen LogP contribution in [0.15, 0.2) is 0 Å². The molecule has 3 nitrogen and oxygen atoms in total. The van der Waals surface area contributed by atoms with Gasteiger partial charge in [0, 0.05) is 18.8 Å². The first-order chi connectivity index (χ1) is 7.26. The van der Waals surface area contributed by atoms with Crippen molar-refractivity contribution in [3.05, 3.63) is 0 Å². The average Bonchev–Trinajstić information content (AvgIpc) is 2.14. The predicted molar refractivity (Wildman–Crippen MR) is 57.2 cm³/mol. The van der Waals surface area contributed by atoms with E-state index in [2.05, 4.69) is 4.74 Å². The first kappa shape index (κ1) is 15.6. The first-order valence-electron chi connectivity index (χ1n) is 4.73. The van der Waals surface area contributed by atoms with Crippen LogP contribution in [-0.2, 0) is 9.53 Å². The summed E-state index contributed by atoms with van der Waals surface area (Å²) in [4.78, 5) is 12.7. The van der Waals surface area contributed by atoms with Crippen LogP contribution < -0.4 is 0 Å². The lowest BCUT2D eigenvalue weighted by Gasteiger charge is -2.19. The van der Waals surface area contributed by atoms with E-state index in [1.165, 1.54) is 7.11 Å². The normalized spacial score (nSPS) is 13.9. The van der Waals surface area contributed by atoms with Crippen molar-refractivity contribution in [3.63, 3.8) is 0 Å². The molecule has 0 aliphatic heterocycles. The topological polar surface area (TPSA) is 29.5 Å². The number of carbonyl (C=O) groups is 1. The number of rotatable bonds is 6. The van der Waals surface area contributed by atoms with Gasteiger partial charge in [-0.15, -0.1) is 0 Å². The largest absolute Gasteiger partial charge is 0.469 e. The Morgan fingerprint density at radius 2 is 2.06 bits per heavy atom. The molecule has 0 saturated carbocycles. The van der Waals surface area contributed by atoms with E-state index < -0.39 is 5.51 Å². The summed E-state index contributed by atoms with van der Waals surface area (Å²) in [5.41, 5.74) is -4.19. The molecule has 0 saturated heterocycles. The zero-order chi connectivity index (χ0) is 12.8. The number of hydrogen-bond donors (Lipinski definition) is 0. The first-order valence-corrected chi connectivity index (χ1v) is 5.72. The van der Waals surface area contributed by atoms with Crippen LogP contribution in [0.25, 0.3) is 0 Å². The highest BCUT2D eigenvalue weighted by atomic mass is 32.2. The summed E-state index contributed by atoms with van der Waals surface area (Å²) in [6, 6.07) is 0. The fourth-order valence-electron chi connectivity index (χ4n) is 1.15. The minimum absolute atomic E-state index is 0.0338. The summed E-state index contributed by atoms with van der Waals surface area (Å²) in [7, 11) is 2.97. The smallest absolute Gasteiger partial charge is 0.441 e. The lowest BCUT2D eigenvalue weighted by Crippen LogP contribution is -2.31. The van der Waals surface area contributed by atoms with Gasteiger partial charge in [0.15, 0.2) is 0 Å². The van der Waals surface area contributed by atoms with Gasteiger partial charge in [-0.3, -0.25) is 4.79 Å². The Kier molecular flexibility index (Phi) is 6.82. The summed E-state index contributed by atoms with van der Waals surface area (Å²) in [5, 5.41) is 0. The van der Waals surface area contributed by atoms with E-state index >= 15 is 0 Å². The molecule has 0 rings (SSSR count). The van der Waals surface area contributed by atoms with Gasteiger partial charge < -0.3 is 9.64 Å². The van der Waals surface area contributed by atoms with Crippen molar-refractivity contribution >= 4 is 17.7 Å². The van der Waals surface area contributed by atoms with Crippen molar-refractivity contribution in [1.29, 1.82) is 0 Å². The molecule has 0 aromatic carbocycles. The van der Waals surface area contributed by atoms with E-state index in [4.69, 9.17) is 0 Å². The molecule has 0 amide bonds.